The zero-order valence-electron chi connectivity index (χ0n) is 9.11. The minimum absolute atomic E-state index is 0.172. The summed E-state index contributed by atoms with van der Waals surface area (Å²) >= 11 is 5.73. The molecule has 0 radical (unpaired) electrons. The maximum absolute atomic E-state index is 13.0. The monoisotopic (exact) mass is 262 g/mol. The molecule has 0 atom stereocenters. The van der Waals surface area contributed by atoms with Crippen molar-refractivity contribution >= 4 is 28.8 Å². The lowest BCUT2D eigenvalue weighted by atomic mass is 10.2. The van der Waals surface area contributed by atoms with E-state index in [0.717, 1.165) is 6.07 Å². The molecule has 0 bridgehead atoms. The molecule has 18 heavy (non-hydrogen) atoms. The smallest absolute Gasteiger partial charge is 0.153 e. The van der Waals surface area contributed by atoms with Gasteiger partial charge in [-0.1, -0.05) is 11.6 Å². The lowest BCUT2D eigenvalue weighted by Gasteiger charge is -2.09. The fourth-order valence-corrected chi connectivity index (χ4v) is 1.57. The Morgan fingerprint density at radius 3 is 2.83 bits per heavy atom. The van der Waals surface area contributed by atoms with Crippen LogP contribution in [0.2, 0.25) is 5.02 Å². The van der Waals surface area contributed by atoms with Crippen LogP contribution in [0.15, 0.2) is 30.5 Å². The maximum Gasteiger partial charge on any atom is 0.153 e. The number of nitriles is 1. The third kappa shape index (κ3) is 2.50. The molecule has 0 aliphatic rings. The van der Waals surface area contributed by atoms with Crippen LogP contribution in [-0.4, -0.2) is 4.98 Å². The lowest BCUT2D eigenvalue weighted by molar-refractivity contribution is 0.627. The van der Waals surface area contributed by atoms with Gasteiger partial charge in [0.25, 0.3) is 0 Å². The molecule has 0 saturated heterocycles. The van der Waals surface area contributed by atoms with Crippen molar-refractivity contribution in [2.24, 2.45) is 0 Å². The summed E-state index contributed by atoms with van der Waals surface area (Å²) < 4.78 is 13.0. The van der Waals surface area contributed by atoms with Gasteiger partial charge in [0.15, 0.2) is 5.82 Å². The highest BCUT2D eigenvalue weighted by molar-refractivity contribution is 6.30. The summed E-state index contributed by atoms with van der Waals surface area (Å²) in [5.74, 6) is -0.114. The molecular weight excluding hydrogens is 255 g/mol. The Morgan fingerprint density at radius 2 is 2.17 bits per heavy atom. The molecule has 0 unspecified atom stereocenters. The number of nitrogens with two attached hydrogens (primary N) is 1. The number of nitrogen functional groups attached to an aromatic ring is 1. The van der Waals surface area contributed by atoms with Gasteiger partial charge in [0, 0.05) is 6.20 Å². The van der Waals surface area contributed by atoms with Gasteiger partial charge in [-0.05, 0) is 24.3 Å². The van der Waals surface area contributed by atoms with Crippen LogP contribution >= 0.6 is 11.6 Å². The van der Waals surface area contributed by atoms with Gasteiger partial charge in [-0.25, -0.2) is 9.37 Å². The molecule has 90 valence electrons. The van der Waals surface area contributed by atoms with E-state index in [2.05, 4.69) is 10.3 Å². The molecule has 4 nitrogen and oxygen atoms in total. The van der Waals surface area contributed by atoms with Gasteiger partial charge in [-0.3, -0.25) is 0 Å². The Morgan fingerprint density at radius 1 is 1.39 bits per heavy atom. The number of pyridine rings is 1. The number of rotatable bonds is 2. The zero-order valence-corrected chi connectivity index (χ0v) is 9.87. The van der Waals surface area contributed by atoms with E-state index in [-0.39, 0.29) is 5.56 Å². The second kappa shape index (κ2) is 4.90. The summed E-state index contributed by atoms with van der Waals surface area (Å²) in [6.45, 7) is 0. The van der Waals surface area contributed by atoms with Crippen LogP contribution < -0.4 is 11.1 Å². The molecule has 3 N–H and O–H groups in total. The normalized spacial score (nSPS) is 9.83. The minimum Gasteiger partial charge on any atom is -0.396 e. The van der Waals surface area contributed by atoms with Crippen LogP contribution in [0.25, 0.3) is 0 Å². The molecule has 0 saturated carbocycles. The highest BCUT2D eigenvalue weighted by atomic mass is 35.5. The standard InChI is InChI=1S/C12H8ClFN4/c13-8-4-10(16)12(17-6-8)18-11-2-1-9(14)3-7(11)5-15/h1-4,6H,16H2,(H,17,18). The quantitative estimate of drug-likeness (QED) is 0.872. The molecule has 1 heterocycles. The molecule has 2 aromatic rings. The van der Waals surface area contributed by atoms with Crippen LogP contribution in [0.3, 0.4) is 0 Å². The summed E-state index contributed by atoms with van der Waals surface area (Å²) in [7, 11) is 0. The molecule has 2 rings (SSSR count). The van der Waals surface area contributed by atoms with Crippen molar-refractivity contribution in [1.29, 1.82) is 5.26 Å². The number of nitrogens with one attached hydrogen (secondary N) is 1. The summed E-state index contributed by atoms with van der Waals surface area (Å²) in [4.78, 5) is 4.00. The topological polar surface area (TPSA) is 74.7 Å². The Labute approximate surface area is 108 Å². The number of aromatic nitrogens is 1. The Hall–Kier alpha value is -2.32. The van der Waals surface area contributed by atoms with Gasteiger partial charge >= 0.3 is 0 Å². The summed E-state index contributed by atoms with van der Waals surface area (Å²) in [6.07, 6.45) is 1.43. The van der Waals surface area contributed by atoms with Crippen LogP contribution in [0, 0.1) is 17.1 Å². The average Bonchev–Trinajstić information content (AvgIpc) is 2.34. The lowest BCUT2D eigenvalue weighted by Crippen LogP contribution is -2.00. The molecule has 1 aromatic heterocycles. The summed E-state index contributed by atoms with van der Waals surface area (Å²) in [5, 5.41) is 12.2. The molecule has 0 fully saturated rings. The van der Waals surface area contributed by atoms with Crippen molar-refractivity contribution in [2.45, 2.75) is 0 Å². The van der Waals surface area contributed by atoms with Gasteiger partial charge in [0.05, 0.1) is 22.0 Å². The van der Waals surface area contributed by atoms with Gasteiger partial charge in [0.1, 0.15) is 11.9 Å². The van der Waals surface area contributed by atoms with E-state index in [1.54, 1.807) is 0 Å². The molecular formula is C12H8ClFN4. The molecule has 0 aliphatic carbocycles. The number of hydrogen-bond donors (Lipinski definition) is 2. The van der Waals surface area contributed by atoms with Gasteiger partial charge < -0.3 is 11.1 Å². The molecule has 0 aliphatic heterocycles. The first-order valence-electron chi connectivity index (χ1n) is 4.98. The Kier molecular flexibility index (Phi) is 3.31. The second-order valence-corrected chi connectivity index (χ2v) is 3.95. The number of nitrogens with zero attached hydrogens (tertiary/aromatic N) is 2. The van der Waals surface area contributed by atoms with Crippen molar-refractivity contribution in [2.75, 3.05) is 11.1 Å². The zero-order chi connectivity index (χ0) is 13.1. The third-order valence-electron chi connectivity index (χ3n) is 2.24. The highest BCUT2D eigenvalue weighted by Crippen LogP contribution is 2.25. The second-order valence-electron chi connectivity index (χ2n) is 3.52. The summed E-state index contributed by atoms with van der Waals surface area (Å²) in [6, 6.07) is 7.25. The SMILES string of the molecule is N#Cc1cc(F)ccc1Nc1ncc(Cl)cc1N. The molecule has 1 aromatic carbocycles. The number of hydrogen-bond acceptors (Lipinski definition) is 4. The van der Waals surface area contributed by atoms with Crippen LogP contribution in [0.5, 0.6) is 0 Å². The fraction of sp³-hybridized carbons (Fsp3) is 0. The minimum atomic E-state index is -0.478. The summed E-state index contributed by atoms with van der Waals surface area (Å²) in [5.41, 5.74) is 6.67. The van der Waals surface area contributed by atoms with Crippen molar-refractivity contribution < 1.29 is 4.39 Å². The number of benzene rings is 1. The van der Waals surface area contributed by atoms with E-state index in [9.17, 15) is 4.39 Å². The number of halogens is 2. The predicted molar refractivity (Wildman–Crippen MR) is 68.1 cm³/mol. The molecule has 0 amide bonds. The fourth-order valence-electron chi connectivity index (χ4n) is 1.40. The van der Waals surface area contributed by atoms with Crippen LogP contribution in [0.1, 0.15) is 5.56 Å². The van der Waals surface area contributed by atoms with E-state index >= 15 is 0 Å². The van der Waals surface area contributed by atoms with E-state index in [4.69, 9.17) is 22.6 Å². The Bertz CT molecular complexity index is 636. The Balaban J connectivity index is 2.37. The van der Waals surface area contributed by atoms with Gasteiger partial charge in [-0.15, -0.1) is 0 Å². The van der Waals surface area contributed by atoms with E-state index < -0.39 is 5.82 Å². The molecule has 6 heteroatoms. The number of anilines is 3. The maximum atomic E-state index is 13.0. The van der Waals surface area contributed by atoms with Crippen molar-refractivity contribution in [3.05, 3.63) is 46.9 Å². The van der Waals surface area contributed by atoms with E-state index in [1.807, 2.05) is 6.07 Å². The van der Waals surface area contributed by atoms with Crippen molar-refractivity contribution in [1.82, 2.24) is 4.98 Å². The predicted octanol–water partition coefficient (Wildman–Crippen LogP) is 3.07. The van der Waals surface area contributed by atoms with Crippen LogP contribution in [-0.2, 0) is 0 Å². The van der Waals surface area contributed by atoms with Crippen molar-refractivity contribution in [3.8, 4) is 6.07 Å². The van der Waals surface area contributed by atoms with E-state index in [0.29, 0.717) is 22.2 Å². The van der Waals surface area contributed by atoms with Gasteiger partial charge in [-0.2, -0.15) is 5.26 Å². The molecule has 0 spiro atoms. The largest absolute Gasteiger partial charge is 0.396 e. The highest BCUT2D eigenvalue weighted by Gasteiger charge is 2.07. The van der Waals surface area contributed by atoms with E-state index in [1.165, 1.54) is 24.4 Å². The van der Waals surface area contributed by atoms with Crippen molar-refractivity contribution in [3.63, 3.8) is 0 Å². The average molecular weight is 263 g/mol. The first-order chi connectivity index (χ1) is 8.60. The third-order valence-corrected chi connectivity index (χ3v) is 2.45. The first kappa shape index (κ1) is 12.1. The first-order valence-corrected chi connectivity index (χ1v) is 5.35. The van der Waals surface area contributed by atoms with Gasteiger partial charge in [0.2, 0.25) is 0 Å². The van der Waals surface area contributed by atoms with Crippen LogP contribution in [0.4, 0.5) is 21.6 Å².